The van der Waals surface area contributed by atoms with Gasteiger partial charge in [0.25, 0.3) is 5.91 Å². The Bertz CT molecular complexity index is 379. The number of carbonyl (C=O) groups is 2. The number of carbonyl (C=O) groups excluding carboxylic acids is 2. The van der Waals surface area contributed by atoms with Gasteiger partial charge in [0.15, 0.2) is 0 Å². The Hall–Kier alpha value is -1.84. The normalized spacial score (nSPS) is 12.3. The Morgan fingerprint density at radius 1 is 1.28 bits per heavy atom. The summed E-state index contributed by atoms with van der Waals surface area (Å²) in [5, 5.41) is 5.38. The molecule has 2 N–H and O–H groups in total. The van der Waals surface area contributed by atoms with Crippen molar-refractivity contribution in [2.24, 2.45) is 0 Å². The van der Waals surface area contributed by atoms with Crippen molar-refractivity contribution in [3.05, 3.63) is 35.5 Å². The minimum Gasteiger partial charge on any atom is -0.355 e. The molecule has 0 aromatic heterocycles. The number of hydrogen-bond acceptors (Lipinski definition) is 2. The first-order valence-electron chi connectivity index (χ1n) is 5.89. The van der Waals surface area contributed by atoms with Gasteiger partial charge in [0.05, 0.1) is 0 Å². The summed E-state index contributed by atoms with van der Waals surface area (Å²) in [6.07, 6.45) is 4.11. The van der Waals surface area contributed by atoms with Crippen LogP contribution in [0.25, 0.3) is 0 Å². The summed E-state index contributed by atoms with van der Waals surface area (Å²) in [7, 11) is 0. The molecule has 2 amide bonds. The van der Waals surface area contributed by atoms with Crippen LogP contribution in [-0.4, -0.2) is 24.9 Å². The number of hydrogen-bond donors (Lipinski definition) is 2. The van der Waals surface area contributed by atoms with Gasteiger partial charge in [-0.3, -0.25) is 9.59 Å². The van der Waals surface area contributed by atoms with Gasteiger partial charge < -0.3 is 10.6 Å². The molecule has 0 aliphatic heterocycles. The molecule has 0 atom stereocenters. The average Bonchev–Trinajstić information content (AvgIpc) is 2.23. The van der Waals surface area contributed by atoms with Gasteiger partial charge in [0.1, 0.15) is 0 Å². The van der Waals surface area contributed by atoms with Crippen molar-refractivity contribution >= 4 is 12.3 Å². The molecule has 0 aromatic rings. The summed E-state index contributed by atoms with van der Waals surface area (Å²) in [5.74, 6) is -0.140. The smallest absolute Gasteiger partial charge is 0.251 e. The predicted octanol–water partition coefficient (Wildman–Crippen LogP) is 1.71. The molecule has 0 saturated heterocycles. The Kier molecular flexibility index (Phi) is 7.43. The number of amides is 2. The van der Waals surface area contributed by atoms with E-state index in [0.29, 0.717) is 18.5 Å². The van der Waals surface area contributed by atoms with E-state index in [1.807, 2.05) is 27.7 Å². The van der Waals surface area contributed by atoms with Gasteiger partial charge in [-0.15, -0.1) is 0 Å². The van der Waals surface area contributed by atoms with E-state index in [0.717, 1.165) is 11.1 Å². The van der Waals surface area contributed by atoms with Gasteiger partial charge in [0, 0.05) is 18.2 Å². The molecule has 0 aliphatic carbocycles. The van der Waals surface area contributed by atoms with Gasteiger partial charge in [-0.25, -0.2) is 0 Å². The number of rotatable bonds is 7. The maximum absolute atomic E-state index is 11.9. The van der Waals surface area contributed by atoms with Crippen LogP contribution in [0.2, 0.25) is 0 Å². The summed E-state index contributed by atoms with van der Waals surface area (Å²) < 4.78 is 0. The molecule has 0 fully saturated rings. The van der Waals surface area contributed by atoms with Gasteiger partial charge in [0.2, 0.25) is 6.41 Å². The van der Waals surface area contributed by atoms with E-state index in [1.54, 1.807) is 12.2 Å². The largest absolute Gasteiger partial charge is 0.355 e. The third-order valence-electron chi connectivity index (χ3n) is 1.95. The fourth-order valence-corrected chi connectivity index (χ4v) is 1.30. The monoisotopic (exact) mass is 250 g/mol. The lowest BCUT2D eigenvalue weighted by Crippen LogP contribution is -2.31. The van der Waals surface area contributed by atoms with E-state index in [9.17, 15) is 9.59 Å². The summed E-state index contributed by atoms with van der Waals surface area (Å²) in [4.78, 5) is 22.1. The second-order valence-electron chi connectivity index (χ2n) is 4.56. The quantitative estimate of drug-likeness (QED) is 0.410. The van der Waals surface area contributed by atoms with Crippen LogP contribution < -0.4 is 10.6 Å². The fourth-order valence-electron chi connectivity index (χ4n) is 1.30. The maximum Gasteiger partial charge on any atom is 0.251 e. The Labute approximate surface area is 109 Å². The first-order chi connectivity index (χ1) is 8.36. The molecular weight excluding hydrogens is 228 g/mol. The standard InChI is InChI=1S/C14H22N2O2/c1-10(2)6-13(14(18)16-11(3)4)7-12(5)8-15-9-17/h6-7,9,11H,1,8H2,2-5H3,(H,15,17)(H,16,18)/b12-7-,13-6+. The average molecular weight is 250 g/mol. The van der Waals surface area contributed by atoms with Crippen LogP contribution in [0.15, 0.2) is 35.5 Å². The van der Waals surface area contributed by atoms with Crippen LogP contribution in [0, 0.1) is 0 Å². The highest BCUT2D eigenvalue weighted by Gasteiger charge is 2.08. The van der Waals surface area contributed by atoms with Crippen LogP contribution >= 0.6 is 0 Å². The second-order valence-corrected chi connectivity index (χ2v) is 4.56. The van der Waals surface area contributed by atoms with Gasteiger partial charge in [-0.1, -0.05) is 17.7 Å². The van der Waals surface area contributed by atoms with E-state index in [-0.39, 0.29) is 11.9 Å². The molecule has 18 heavy (non-hydrogen) atoms. The van der Waals surface area contributed by atoms with Gasteiger partial charge in [-0.05, 0) is 39.8 Å². The Balaban J connectivity index is 4.96. The van der Waals surface area contributed by atoms with Crippen molar-refractivity contribution in [3.63, 3.8) is 0 Å². The zero-order valence-corrected chi connectivity index (χ0v) is 11.5. The third kappa shape index (κ3) is 7.44. The van der Waals surface area contributed by atoms with Crippen molar-refractivity contribution in [2.45, 2.75) is 33.7 Å². The van der Waals surface area contributed by atoms with Gasteiger partial charge in [-0.2, -0.15) is 0 Å². The van der Waals surface area contributed by atoms with Crippen molar-refractivity contribution in [3.8, 4) is 0 Å². The van der Waals surface area contributed by atoms with E-state index >= 15 is 0 Å². The predicted molar refractivity (Wildman–Crippen MR) is 74.0 cm³/mol. The minimum absolute atomic E-state index is 0.0767. The minimum atomic E-state index is -0.140. The lowest BCUT2D eigenvalue weighted by atomic mass is 10.1. The van der Waals surface area contributed by atoms with Crippen LogP contribution in [-0.2, 0) is 9.59 Å². The highest BCUT2D eigenvalue weighted by Crippen LogP contribution is 2.06. The molecular formula is C14H22N2O2. The molecule has 0 heterocycles. The van der Waals surface area contributed by atoms with E-state index in [4.69, 9.17) is 0 Å². The molecule has 0 radical (unpaired) electrons. The molecule has 0 unspecified atom stereocenters. The molecule has 0 aliphatic rings. The zero-order valence-electron chi connectivity index (χ0n) is 11.5. The van der Waals surface area contributed by atoms with Gasteiger partial charge >= 0.3 is 0 Å². The van der Waals surface area contributed by atoms with Crippen LogP contribution in [0.1, 0.15) is 27.7 Å². The van der Waals surface area contributed by atoms with Crippen LogP contribution in [0.3, 0.4) is 0 Å². The summed E-state index contributed by atoms with van der Waals surface area (Å²) in [5.41, 5.74) is 2.24. The summed E-state index contributed by atoms with van der Waals surface area (Å²) in [6, 6.07) is 0.0767. The third-order valence-corrected chi connectivity index (χ3v) is 1.95. The molecule has 0 saturated carbocycles. The van der Waals surface area contributed by atoms with Crippen molar-refractivity contribution in [1.82, 2.24) is 10.6 Å². The Morgan fingerprint density at radius 3 is 2.33 bits per heavy atom. The molecule has 0 rings (SSSR count). The maximum atomic E-state index is 11.9. The summed E-state index contributed by atoms with van der Waals surface area (Å²) in [6.45, 7) is 11.7. The fraction of sp³-hybridized carbons (Fsp3) is 0.429. The Morgan fingerprint density at radius 2 is 1.89 bits per heavy atom. The lowest BCUT2D eigenvalue weighted by Gasteiger charge is -2.10. The first kappa shape index (κ1) is 16.2. The van der Waals surface area contributed by atoms with E-state index < -0.39 is 0 Å². The molecule has 100 valence electrons. The number of nitrogens with one attached hydrogen (secondary N) is 2. The molecule has 0 spiro atoms. The highest BCUT2D eigenvalue weighted by molar-refractivity contribution is 5.96. The van der Waals surface area contributed by atoms with E-state index in [2.05, 4.69) is 17.2 Å². The molecule has 0 aromatic carbocycles. The van der Waals surface area contributed by atoms with Crippen molar-refractivity contribution < 1.29 is 9.59 Å². The summed E-state index contributed by atoms with van der Waals surface area (Å²) >= 11 is 0. The zero-order chi connectivity index (χ0) is 14.1. The number of allylic oxidation sites excluding steroid dienone is 2. The second kappa shape index (κ2) is 8.28. The van der Waals surface area contributed by atoms with E-state index in [1.165, 1.54) is 0 Å². The topological polar surface area (TPSA) is 58.2 Å². The molecule has 4 heteroatoms. The van der Waals surface area contributed by atoms with Crippen LogP contribution in [0.4, 0.5) is 0 Å². The van der Waals surface area contributed by atoms with Crippen molar-refractivity contribution in [2.75, 3.05) is 6.54 Å². The SMILES string of the molecule is C=C(C)/C=C(\C=C(\C)CNC=O)C(=O)NC(C)C. The lowest BCUT2D eigenvalue weighted by molar-refractivity contribution is -0.117. The first-order valence-corrected chi connectivity index (χ1v) is 5.89. The van der Waals surface area contributed by atoms with Crippen molar-refractivity contribution in [1.29, 1.82) is 0 Å². The highest BCUT2D eigenvalue weighted by atomic mass is 16.1. The van der Waals surface area contributed by atoms with Crippen LogP contribution in [0.5, 0.6) is 0 Å². The molecule has 0 bridgehead atoms. The molecule has 4 nitrogen and oxygen atoms in total.